The number of rotatable bonds is 7. The lowest BCUT2D eigenvalue weighted by molar-refractivity contribution is 0.0977. The summed E-state index contributed by atoms with van der Waals surface area (Å²) in [5, 5.41) is 3.75. The second-order valence-electron chi connectivity index (χ2n) is 11.0. The Kier molecular flexibility index (Phi) is 8.39. The first-order valence-electron chi connectivity index (χ1n) is 13.8. The third-order valence-corrected chi connectivity index (χ3v) is 8.16. The quantitative estimate of drug-likeness (QED) is 0.292. The van der Waals surface area contributed by atoms with Crippen LogP contribution in [0.15, 0.2) is 41.5 Å². The molecule has 43 heavy (non-hydrogen) atoms. The summed E-state index contributed by atoms with van der Waals surface area (Å²) in [5.41, 5.74) is 3.04. The molecule has 12 nitrogen and oxygen atoms in total. The smallest absolute Gasteiger partial charge is 0.285 e. The molecule has 0 saturated carbocycles. The number of aryl methyl sites for hydroxylation is 2. The van der Waals surface area contributed by atoms with Gasteiger partial charge in [0.05, 0.1) is 28.9 Å². The van der Waals surface area contributed by atoms with E-state index in [1.807, 2.05) is 50.0 Å². The van der Waals surface area contributed by atoms with Gasteiger partial charge in [-0.15, -0.1) is 0 Å². The Hall–Kier alpha value is -4.10. The van der Waals surface area contributed by atoms with E-state index < -0.39 is 22.0 Å². The van der Waals surface area contributed by atoms with Crippen LogP contribution in [0.4, 0.5) is 11.6 Å². The number of hydrogen-bond donors (Lipinski definition) is 2. The predicted molar refractivity (Wildman–Crippen MR) is 166 cm³/mol. The van der Waals surface area contributed by atoms with Gasteiger partial charge >= 0.3 is 0 Å². The number of nitrogens with one attached hydrogen (secondary N) is 2. The molecular formula is C29H33ClN8O4S. The van der Waals surface area contributed by atoms with Crippen LogP contribution in [0.5, 0.6) is 0 Å². The van der Waals surface area contributed by atoms with Gasteiger partial charge in [-0.2, -0.15) is 0 Å². The molecule has 0 spiro atoms. The summed E-state index contributed by atoms with van der Waals surface area (Å²) >= 11 is 6.04. The van der Waals surface area contributed by atoms with E-state index in [-0.39, 0.29) is 28.0 Å². The number of benzene rings is 1. The first-order chi connectivity index (χ1) is 20.3. The van der Waals surface area contributed by atoms with Gasteiger partial charge in [0.15, 0.2) is 5.69 Å². The van der Waals surface area contributed by atoms with Crippen molar-refractivity contribution in [1.82, 2.24) is 29.2 Å². The highest BCUT2D eigenvalue weighted by molar-refractivity contribution is 7.89. The van der Waals surface area contributed by atoms with Gasteiger partial charge in [-0.05, 0) is 62.9 Å². The molecule has 4 aromatic rings. The molecule has 0 bridgehead atoms. The van der Waals surface area contributed by atoms with Gasteiger partial charge in [0.1, 0.15) is 11.0 Å². The fourth-order valence-electron chi connectivity index (χ4n) is 5.39. The maximum absolute atomic E-state index is 13.7. The van der Waals surface area contributed by atoms with Crippen LogP contribution in [0.3, 0.4) is 0 Å². The number of halogens is 1. The molecule has 1 aromatic carbocycles. The molecule has 0 aliphatic carbocycles. The summed E-state index contributed by atoms with van der Waals surface area (Å²) in [5.74, 6) is 0.518. The van der Waals surface area contributed by atoms with E-state index >= 15 is 0 Å². The van der Waals surface area contributed by atoms with Gasteiger partial charge in [0.25, 0.3) is 11.5 Å². The standard InChI is InChI=1S/C29H33ClN8O4S/c1-16-11-20(18(3)33-22-8-9-23(30)34-25(22)27(39)36-43(5,41)42)24-21(12-16)28(40)37(4)29(35-24)38-10-6-7-19(15-38)26-31-13-17(2)14-32-26/h8-9,11-14,18-19,33H,6-7,10,15H2,1-5H3,(H,36,39)/t18-,19-/m1/s1. The highest BCUT2D eigenvalue weighted by Gasteiger charge is 2.27. The van der Waals surface area contributed by atoms with Crippen molar-refractivity contribution in [3.8, 4) is 0 Å². The van der Waals surface area contributed by atoms with E-state index in [0.29, 0.717) is 23.4 Å². The van der Waals surface area contributed by atoms with Crippen molar-refractivity contribution in [3.05, 3.63) is 80.4 Å². The van der Waals surface area contributed by atoms with Crippen LogP contribution < -0.4 is 20.5 Å². The summed E-state index contributed by atoms with van der Waals surface area (Å²) in [6.45, 7) is 7.08. The molecule has 1 aliphatic heterocycles. The van der Waals surface area contributed by atoms with E-state index in [9.17, 15) is 18.0 Å². The van der Waals surface area contributed by atoms with Gasteiger partial charge in [-0.1, -0.05) is 17.7 Å². The number of fused-ring (bicyclic) bond motifs is 1. The summed E-state index contributed by atoms with van der Waals surface area (Å²) in [7, 11) is -2.11. The van der Waals surface area contributed by atoms with Gasteiger partial charge in [0, 0.05) is 44.0 Å². The zero-order valence-electron chi connectivity index (χ0n) is 24.5. The minimum Gasteiger partial charge on any atom is -0.377 e. The van der Waals surface area contributed by atoms with Crippen molar-refractivity contribution in [2.45, 2.75) is 45.6 Å². The Balaban J connectivity index is 1.53. The first kappa shape index (κ1) is 30.4. The molecule has 1 fully saturated rings. The first-order valence-corrected chi connectivity index (χ1v) is 16.1. The summed E-state index contributed by atoms with van der Waals surface area (Å²) in [6, 6.07) is 6.35. The fraction of sp³-hybridized carbons (Fsp3) is 0.379. The molecule has 226 valence electrons. The van der Waals surface area contributed by atoms with Gasteiger partial charge in [-0.3, -0.25) is 14.2 Å². The molecule has 14 heteroatoms. The normalized spacial score (nSPS) is 16.2. The highest BCUT2D eigenvalue weighted by atomic mass is 35.5. The summed E-state index contributed by atoms with van der Waals surface area (Å²) < 4.78 is 26.9. The Labute approximate surface area is 254 Å². The number of nitrogens with zero attached hydrogens (tertiary/aromatic N) is 6. The number of aromatic nitrogens is 5. The van der Waals surface area contributed by atoms with Crippen LogP contribution in [-0.4, -0.2) is 58.2 Å². The Bertz CT molecular complexity index is 1880. The molecular weight excluding hydrogens is 592 g/mol. The molecule has 0 unspecified atom stereocenters. The van der Waals surface area contributed by atoms with E-state index in [1.54, 1.807) is 17.7 Å². The van der Waals surface area contributed by atoms with Crippen LogP contribution in [0.25, 0.3) is 10.9 Å². The molecule has 1 saturated heterocycles. The van der Waals surface area contributed by atoms with E-state index in [0.717, 1.165) is 48.2 Å². The SMILES string of the molecule is Cc1cnc([C@@H]2CCCN(c3nc4c([C@@H](C)Nc5ccc(Cl)nc5C(=O)NS(C)(=O)=O)cc(C)cc4c(=O)n3C)C2)nc1. The average Bonchev–Trinajstić information content (AvgIpc) is 2.95. The fourth-order valence-corrected chi connectivity index (χ4v) is 5.97. The number of carbonyl (C=O) groups is 1. The van der Waals surface area contributed by atoms with Crippen LogP contribution in [0.1, 0.15) is 64.7 Å². The molecule has 0 radical (unpaired) electrons. The molecule has 4 heterocycles. The molecule has 2 atom stereocenters. The van der Waals surface area contributed by atoms with E-state index in [2.05, 4.69) is 25.2 Å². The number of anilines is 2. The van der Waals surface area contributed by atoms with Crippen LogP contribution in [0, 0.1) is 13.8 Å². The van der Waals surface area contributed by atoms with Gasteiger partial charge in [-0.25, -0.2) is 33.1 Å². The number of amides is 1. The zero-order valence-corrected chi connectivity index (χ0v) is 26.1. The maximum Gasteiger partial charge on any atom is 0.285 e. The van der Waals surface area contributed by atoms with Crippen LogP contribution in [0.2, 0.25) is 5.15 Å². The molecule has 2 N–H and O–H groups in total. The second kappa shape index (κ2) is 11.9. The van der Waals surface area contributed by atoms with Crippen molar-refractivity contribution < 1.29 is 13.2 Å². The number of sulfonamides is 1. The lowest BCUT2D eigenvalue weighted by atomic mass is 9.97. The van der Waals surface area contributed by atoms with Gasteiger partial charge in [0.2, 0.25) is 16.0 Å². The van der Waals surface area contributed by atoms with Crippen molar-refractivity contribution in [1.29, 1.82) is 0 Å². The van der Waals surface area contributed by atoms with Crippen LogP contribution in [-0.2, 0) is 17.1 Å². The Morgan fingerprint density at radius 2 is 1.84 bits per heavy atom. The van der Waals surface area contributed by atoms with Gasteiger partial charge < -0.3 is 10.2 Å². The second-order valence-corrected chi connectivity index (χ2v) is 13.2. The molecule has 5 rings (SSSR count). The summed E-state index contributed by atoms with van der Waals surface area (Å²) in [6.07, 6.45) is 6.36. The number of carbonyl (C=O) groups excluding carboxylic acids is 1. The monoisotopic (exact) mass is 624 g/mol. The van der Waals surface area contributed by atoms with Crippen molar-refractivity contribution in [2.24, 2.45) is 7.05 Å². The third-order valence-electron chi connectivity index (χ3n) is 7.39. The minimum atomic E-state index is -3.83. The lowest BCUT2D eigenvalue weighted by Crippen LogP contribution is -2.39. The number of pyridine rings is 1. The topological polar surface area (TPSA) is 152 Å². The molecule has 1 aliphatic rings. The third kappa shape index (κ3) is 6.62. The van der Waals surface area contributed by atoms with Crippen LogP contribution >= 0.6 is 11.6 Å². The average molecular weight is 625 g/mol. The van der Waals surface area contributed by atoms with Crippen molar-refractivity contribution in [2.75, 3.05) is 29.6 Å². The Morgan fingerprint density at radius 1 is 1.12 bits per heavy atom. The summed E-state index contributed by atoms with van der Waals surface area (Å²) in [4.78, 5) is 46.7. The predicted octanol–water partition coefficient (Wildman–Crippen LogP) is 3.64. The van der Waals surface area contributed by atoms with E-state index in [4.69, 9.17) is 16.6 Å². The highest BCUT2D eigenvalue weighted by Crippen LogP contribution is 2.31. The Morgan fingerprint density at radius 3 is 2.53 bits per heavy atom. The van der Waals surface area contributed by atoms with Crippen molar-refractivity contribution >= 4 is 50.1 Å². The molecule has 3 aromatic heterocycles. The number of piperidine rings is 1. The van der Waals surface area contributed by atoms with E-state index in [1.165, 1.54) is 6.07 Å². The zero-order chi connectivity index (χ0) is 31.1. The largest absolute Gasteiger partial charge is 0.377 e. The lowest BCUT2D eigenvalue weighted by Gasteiger charge is -2.33. The minimum absolute atomic E-state index is 0.0311. The maximum atomic E-state index is 13.7. The number of hydrogen-bond acceptors (Lipinski definition) is 10. The molecule has 1 amide bonds. The van der Waals surface area contributed by atoms with Crippen molar-refractivity contribution in [3.63, 3.8) is 0 Å².